The Morgan fingerprint density at radius 3 is 2.35 bits per heavy atom. The van der Waals surface area contributed by atoms with Crippen LogP contribution in [0.3, 0.4) is 0 Å². The van der Waals surface area contributed by atoms with Crippen LogP contribution in [0.15, 0.2) is 0 Å². The van der Waals surface area contributed by atoms with E-state index in [-0.39, 0.29) is 12.1 Å². The minimum Gasteiger partial charge on any atom is -0.444 e. The number of hydrogen-bond donors (Lipinski definition) is 2. The summed E-state index contributed by atoms with van der Waals surface area (Å²) >= 11 is 0. The molecule has 100 valence electrons. The van der Waals surface area contributed by atoms with Gasteiger partial charge < -0.3 is 15.4 Å². The van der Waals surface area contributed by atoms with E-state index >= 15 is 0 Å². The van der Waals surface area contributed by atoms with Gasteiger partial charge in [0.15, 0.2) is 0 Å². The average Bonchev–Trinajstić information content (AvgIpc) is 2.82. The van der Waals surface area contributed by atoms with E-state index in [1.54, 1.807) is 0 Å². The Bertz CT molecular complexity index is 257. The second-order valence-corrected chi connectivity index (χ2v) is 6.12. The third kappa shape index (κ3) is 7.21. The molecule has 1 saturated carbocycles. The highest BCUT2D eigenvalue weighted by Gasteiger charge is 2.24. The van der Waals surface area contributed by atoms with Crippen molar-refractivity contribution in [1.29, 1.82) is 0 Å². The van der Waals surface area contributed by atoms with Crippen LogP contribution in [0.1, 0.15) is 53.9 Å². The van der Waals surface area contributed by atoms with E-state index in [9.17, 15) is 4.79 Å². The molecular formula is C13H26N2O2. The van der Waals surface area contributed by atoms with Gasteiger partial charge in [-0.15, -0.1) is 0 Å². The lowest BCUT2D eigenvalue weighted by Gasteiger charge is -2.23. The summed E-state index contributed by atoms with van der Waals surface area (Å²) in [7, 11) is 0. The lowest BCUT2D eigenvalue weighted by molar-refractivity contribution is 0.0504. The molecule has 2 N–H and O–H groups in total. The van der Waals surface area contributed by atoms with Crippen LogP contribution in [0, 0.1) is 0 Å². The highest BCUT2D eigenvalue weighted by Crippen LogP contribution is 2.20. The zero-order valence-corrected chi connectivity index (χ0v) is 11.7. The Kier molecular flexibility index (Phi) is 4.80. The summed E-state index contributed by atoms with van der Waals surface area (Å²) in [5, 5.41) is 6.37. The van der Waals surface area contributed by atoms with Gasteiger partial charge in [-0.3, -0.25) is 0 Å². The van der Waals surface area contributed by atoms with E-state index in [1.807, 2.05) is 27.7 Å². The van der Waals surface area contributed by atoms with Crippen LogP contribution in [0.2, 0.25) is 0 Å². The topological polar surface area (TPSA) is 50.4 Å². The van der Waals surface area contributed by atoms with Crippen LogP contribution in [-0.4, -0.2) is 29.8 Å². The number of amides is 1. The normalized spacial score (nSPS) is 19.6. The number of carbonyl (C=O) groups excluding carboxylic acids is 1. The fourth-order valence-electron chi connectivity index (χ4n) is 1.82. The summed E-state index contributed by atoms with van der Waals surface area (Å²) in [6.45, 7) is 9.78. The SMILES string of the molecule is C[C@@H](C[C@H](C)NC1CC1)NC(=O)OC(C)(C)C. The summed E-state index contributed by atoms with van der Waals surface area (Å²) in [6.07, 6.45) is 3.18. The molecule has 0 aliphatic heterocycles. The summed E-state index contributed by atoms with van der Waals surface area (Å²) in [5.41, 5.74) is -0.429. The molecule has 0 aromatic heterocycles. The standard InChI is InChI=1S/C13H26N2O2/c1-9(14-11-6-7-11)8-10(2)15-12(16)17-13(3,4)5/h9-11,14H,6-8H2,1-5H3,(H,15,16)/t9-,10-/m0/s1. The molecule has 4 heteroatoms. The highest BCUT2D eigenvalue weighted by atomic mass is 16.6. The smallest absolute Gasteiger partial charge is 0.407 e. The molecule has 0 heterocycles. The molecule has 2 atom stereocenters. The first-order chi connectivity index (χ1) is 7.76. The first kappa shape index (κ1) is 14.3. The number of alkyl carbamates (subject to hydrolysis) is 1. The van der Waals surface area contributed by atoms with Crippen molar-refractivity contribution in [2.75, 3.05) is 0 Å². The van der Waals surface area contributed by atoms with Gasteiger partial charge in [0.2, 0.25) is 0 Å². The lowest BCUT2D eigenvalue weighted by atomic mass is 10.1. The molecule has 0 bridgehead atoms. The molecule has 1 aliphatic rings. The molecule has 0 aromatic rings. The summed E-state index contributed by atoms with van der Waals surface area (Å²) < 4.78 is 5.21. The zero-order chi connectivity index (χ0) is 13.1. The number of rotatable bonds is 5. The van der Waals surface area contributed by atoms with Crippen molar-refractivity contribution in [1.82, 2.24) is 10.6 Å². The zero-order valence-electron chi connectivity index (χ0n) is 11.7. The van der Waals surface area contributed by atoms with Crippen molar-refractivity contribution >= 4 is 6.09 Å². The molecular weight excluding hydrogens is 216 g/mol. The molecule has 1 amide bonds. The van der Waals surface area contributed by atoms with Gasteiger partial charge in [0.05, 0.1) is 0 Å². The Labute approximate surface area is 104 Å². The molecule has 0 radical (unpaired) electrons. The molecule has 1 rings (SSSR count). The van der Waals surface area contributed by atoms with E-state index in [2.05, 4.69) is 17.6 Å². The van der Waals surface area contributed by atoms with Gasteiger partial charge in [0.25, 0.3) is 0 Å². The van der Waals surface area contributed by atoms with Crippen LogP contribution < -0.4 is 10.6 Å². The van der Waals surface area contributed by atoms with E-state index in [4.69, 9.17) is 4.74 Å². The summed E-state index contributed by atoms with van der Waals surface area (Å²) in [6, 6.07) is 1.28. The molecule has 17 heavy (non-hydrogen) atoms. The molecule has 0 aromatic carbocycles. The van der Waals surface area contributed by atoms with Crippen LogP contribution in [0.4, 0.5) is 4.79 Å². The largest absolute Gasteiger partial charge is 0.444 e. The number of hydrogen-bond acceptors (Lipinski definition) is 3. The van der Waals surface area contributed by atoms with E-state index in [1.165, 1.54) is 12.8 Å². The molecule has 1 fully saturated rings. The van der Waals surface area contributed by atoms with Crippen LogP contribution in [-0.2, 0) is 4.74 Å². The van der Waals surface area contributed by atoms with Gasteiger partial charge in [-0.1, -0.05) is 0 Å². The van der Waals surface area contributed by atoms with Crippen molar-refractivity contribution in [2.45, 2.75) is 77.6 Å². The molecule has 1 aliphatic carbocycles. The quantitative estimate of drug-likeness (QED) is 0.778. The third-order valence-electron chi connectivity index (χ3n) is 2.57. The minimum absolute atomic E-state index is 0.131. The Balaban J connectivity index is 2.18. The number of ether oxygens (including phenoxy) is 1. The van der Waals surface area contributed by atoms with Gasteiger partial charge in [-0.2, -0.15) is 0 Å². The van der Waals surface area contributed by atoms with Gasteiger partial charge >= 0.3 is 6.09 Å². The second-order valence-electron chi connectivity index (χ2n) is 6.12. The van der Waals surface area contributed by atoms with E-state index < -0.39 is 5.60 Å². The molecule has 0 spiro atoms. The Hall–Kier alpha value is -0.770. The van der Waals surface area contributed by atoms with Crippen molar-refractivity contribution in [2.24, 2.45) is 0 Å². The highest BCUT2D eigenvalue weighted by molar-refractivity contribution is 5.68. The van der Waals surface area contributed by atoms with Crippen LogP contribution >= 0.6 is 0 Å². The van der Waals surface area contributed by atoms with Gasteiger partial charge in [0, 0.05) is 18.1 Å². The van der Waals surface area contributed by atoms with Gasteiger partial charge in [-0.05, 0) is 53.9 Å². The van der Waals surface area contributed by atoms with E-state index in [0.29, 0.717) is 12.1 Å². The van der Waals surface area contributed by atoms with Crippen molar-refractivity contribution in [3.63, 3.8) is 0 Å². The predicted molar refractivity (Wildman–Crippen MR) is 69.1 cm³/mol. The van der Waals surface area contributed by atoms with Crippen molar-refractivity contribution in [3.05, 3.63) is 0 Å². The number of carbonyl (C=O) groups is 1. The monoisotopic (exact) mass is 242 g/mol. The van der Waals surface area contributed by atoms with Crippen LogP contribution in [0.25, 0.3) is 0 Å². The first-order valence-electron chi connectivity index (χ1n) is 6.52. The maximum Gasteiger partial charge on any atom is 0.407 e. The minimum atomic E-state index is -0.429. The second kappa shape index (κ2) is 5.71. The van der Waals surface area contributed by atoms with Crippen molar-refractivity contribution in [3.8, 4) is 0 Å². The third-order valence-corrected chi connectivity index (χ3v) is 2.57. The van der Waals surface area contributed by atoms with E-state index in [0.717, 1.165) is 6.42 Å². The number of nitrogens with one attached hydrogen (secondary N) is 2. The fourth-order valence-corrected chi connectivity index (χ4v) is 1.82. The predicted octanol–water partition coefficient (Wildman–Crippen LogP) is 2.43. The lowest BCUT2D eigenvalue weighted by Crippen LogP contribution is -2.41. The van der Waals surface area contributed by atoms with Gasteiger partial charge in [0.1, 0.15) is 5.60 Å². The van der Waals surface area contributed by atoms with Crippen LogP contribution in [0.5, 0.6) is 0 Å². The summed E-state index contributed by atoms with van der Waals surface area (Å²) in [5.74, 6) is 0. The molecule has 0 saturated heterocycles. The maximum atomic E-state index is 11.5. The molecule has 0 unspecified atom stereocenters. The average molecular weight is 242 g/mol. The maximum absolute atomic E-state index is 11.5. The first-order valence-corrected chi connectivity index (χ1v) is 6.52. The summed E-state index contributed by atoms with van der Waals surface area (Å²) in [4.78, 5) is 11.5. The van der Waals surface area contributed by atoms with Crippen molar-refractivity contribution < 1.29 is 9.53 Å². The van der Waals surface area contributed by atoms with Gasteiger partial charge in [-0.25, -0.2) is 4.79 Å². The Morgan fingerprint density at radius 1 is 1.29 bits per heavy atom. The molecule has 4 nitrogen and oxygen atoms in total. The Morgan fingerprint density at radius 2 is 1.88 bits per heavy atom. The fraction of sp³-hybridized carbons (Fsp3) is 0.923.